The maximum absolute atomic E-state index is 10.3. The molecule has 0 bridgehead atoms. The second-order valence-corrected chi connectivity index (χ2v) is 4.17. The molecule has 0 aromatic carbocycles. The Morgan fingerprint density at radius 3 is 3.00 bits per heavy atom. The van der Waals surface area contributed by atoms with Gasteiger partial charge in [-0.2, -0.15) is 0 Å². The fraction of sp³-hybridized carbons (Fsp3) is 0.556. The van der Waals surface area contributed by atoms with Crippen molar-refractivity contribution in [3.63, 3.8) is 0 Å². The van der Waals surface area contributed by atoms with Gasteiger partial charge in [-0.05, 0) is 13.8 Å². The lowest BCUT2D eigenvalue weighted by Crippen LogP contribution is -2.22. The molecule has 1 heterocycles. The third-order valence-corrected chi connectivity index (χ3v) is 2.66. The number of carboxylic acids is 1. The van der Waals surface area contributed by atoms with Crippen molar-refractivity contribution >= 4 is 17.3 Å². The molecule has 2 N–H and O–H groups in total. The van der Waals surface area contributed by atoms with Crippen LogP contribution in [0.1, 0.15) is 30.1 Å². The third-order valence-electron chi connectivity index (χ3n) is 1.87. The molecule has 0 spiro atoms. The number of hydrogen-bond donors (Lipinski definition) is 2. The number of carboxylic acid groups (broad SMARTS) is 1. The Labute approximate surface area is 87.0 Å². The van der Waals surface area contributed by atoms with Crippen molar-refractivity contribution in [3.05, 3.63) is 16.1 Å². The van der Waals surface area contributed by atoms with Crippen LogP contribution in [-0.2, 0) is 4.79 Å². The first-order valence-corrected chi connectivity index (χ1v) is 5.34. The van der Waals surface area contributed by atoms with E-state index in [1.165, 1.54) is 0 Å². The molecule has 1 aromatic rings. The van der Waals surface area contributed by atoms with Gasteiger partial charge in [-0.1, -0.05) is 0 Å². The Hall–Kier alpha value is -0.940. The van der Waals surface area contributed by atoms with Gasteiger partial charge in [0.25, 0.3) is 0 Å². The third kappa shape index (κ3) is 3.43. The molecular weight excluding hydrogens is 200 g/mol. The molecule has 0 fully saturated rings. The van der Waals surface area contributed by atoms with E-state index in [-0.39, 0.29) is 12.5 Å². The Morgan fingerprint density at radius 1 is 1.79 bits per heavy atom. The Kier molecular flexibility index (Phi) is 4.03. The van der Waals surface area contributed by atoms with E-state index in [1.54, 1.807) is 11.3 Å². The standard InChI is InChI=1S/C9H14N2O2S/c1-6(10-4-3-9(12)13)8-5-14-7(2)11-8/h5-6,10H,3-4H2,1-2H3,(H,12,13). The molecular formula is C9H14N2O2S. The van der Waals surface area contributed by atoms with E-state index >= 15 is 0 Å². The molecule has 78 valence electrons. The van der Waals surface area contributed by atoms with Crippen molar-refractivity contribution < 1.29 is 9.90 Å². The Morgan fingerprint density at radius 2 is 2.50 bits per heavy atom. The zero-order chi connectivity index (χ0) is 10.6. The predicted molar refractivity (Wildman–Crippen MR) is 55.5 cm³/mol. The lowest BCUT2D eigenvalue weighted by molar-refractivity contribution is -0.136. The first kappa shape index (κ1) is 11.1. The molecule has 0 aliphatic heterocycles. The number of aryl methyl sites for hydroxylation is 1. The predicted octanol–water partition coefficient (Wildman–Crippen LogP) is 1.58. The summed E-state index contributed by atoms with van der Waals surface area (Å²) in [5, 5.41) is 14.6. The second-order valence-electron chi connectivity index (χ2n) is 3.11. The van der Waals surface area contributed by atoms with Gasteiger partial charge in [0, 0.05) is 18.0 Å². The highest BCUT2D eigenvalue weighted by Crippen LogP contribution is 2.15. The van der Waals surface area contributed by atoms with Gasteiger partial charge < -0.3 is 10.4 Å². The van der Waals surface area contributed by atoms with Crippen molar-refractivity contribution in [1.82, 2.24) is 10.3 Å². The van der Waals surface area contributed by atoms with Gasteiger partial charge in [-0.3, -0.25) is 4.79 Å². The van der Waals surface area contributed by atoms with Crippen LogP contribution in [0, 0.1) is 6.92 Å². The van der Waals surface area contributed by atoms with Gasteiger partial charge in [0.2, 0.25) is 0 Å². The van der Waals surface area contributed by atoms with Gasteiger partial charge >= 0.3 is 5.97 Å². The number of hydrogen-bond acceptors (Lipinski definition) is 4. The topological polar surface area (TPSA) is 62.2 Å². The van der Waals surface area contributed by atoms with Crippen LogP contribution < -0.4 is 5.32 Å². The van der Waals surface area contributed by atoms with Crippen LogP contribution >= 0.6 is 11.3 Å². The van der Waals surface area contributed by atoms with E-state index in [2.05, 4.69) is 10.3 Å². The average Bonchev–Trinajstić information content (AvgIpc) is 2.51. The van der Waals surface area contributed by atoms with Gasteiger partial charge in [-0.15, -0.1) is 11.3 Å². The van der Waals surface area contributed by atoms with Gasteiger partial charge in [0.15, 0.2) is 0 Å². The van der Waals surface area contributed by atoms with Crippen molar-refractivity contribution in [2.24, 2.45) is 0 Å². The van der Waals surface area contributed by atoms with E-state index in [9.17, 15) is 4.79 Å². The quantitative estimate of drug-likeness (QED) is 0.781. The van der Waals surface area contributed by atoms with Crippen LogP contribution in [0.15, 0.2) is 5.38 Å². The molecule has 4 nitrogen and oxygen atoms in total. The second kappa shape index (κ2) is 5.07. The van der Waals surface area contributed by atoms with Gasteiger partial charge in [-0.25, -0.2) is 4.98 Å². The van der Waals surface area contributed by atoms with E-state index in [4.69, 9.17) is 5.11 Å². The minimum Gasteiger partial charge on any atom is -0.481 e. The minimum atomic E-state index is -0.779. The summed E-state index contributed by atoms with van der Waals surface area (Å²) in [5.41, 5.74) is 0.984. The highest BCUT2D eigenvalue weighted by Gasteiger charge is 2.08. The maximum Gasteiger partial charge on any atom is 0.304 e. The van der Waals surface area contributed by atoms with Crippen LogP contribution in [0.4, 0.5) is 0 Å². The highest BCUT2D eigenvalue weighted by molar-refractivity contribution is 7.09. The Balaban J connectivity index is 2.35. The molecule has 1 unspecified atom stereocenters. The summed E-state index contributed by atoms with van der Waals surface area (Å²) in [4.78, 5) is 14.6. The lowest BCUT2D eigenvalue weighted by atomic mass is 10.2. The first-order valence-electron chi connectivity index (χ1n) is 4.47. The lowest BCUT2D eigenvalue weighted by Gasteiger charge is -2.09. The smallest absolute Gasteiger partial charge is 0.304 e. The molecule has 14 heavy (non-hydrogen) atoms. The van der Waals surface area contributed by atoms with Crippen molar-refractivity contribution in [2.45, 2.75) is 26.3 Å². The van der Waals surface area contributed by atoms with Gasteiger partial charge in [0.05, 0.1) is 17.1 Å². The van der Waals surface area contributed by atoms with E-state index < -0.39 is 5.97 Å². The summed E-state index contributed by atoms with van der Waals surface area (Å²) in [5.74, 6) is -0.779. The van der Waals surface area contributed by atoms with Crippen molar-refractivity contribution in [3.8, 4) is 0 Å². The maximum atomic E-state index is 10.3. The molecule has 1 atom stereocenters. The zero-order valence-corrected chi connectivity index (χ0v) is 9.10. The largest absolute Gasteiger partial charge is 0.481 e. The van der Waals surface area contributed by atoms with E-state index in [0.29, 0.717) is 6.54 Å². The SMILES string of the molecule is Cc1nc(C(C)NCCC(=O)O)cs1. The van der Waals surface area contributed by atoms with Crippen LogP contribution in [0.25, 0.3) is 0 Å². The van der Waals surface area contributed by atoms with Crippen LogP contribution in [0.5, 0.6) is 0 Å². The summed E-state index contributed by atoms with van der Waals surface area (Å²) >= 11 is 1.61. The summed E-state index contributed by atoms with van der Waals surface area (Å²) in [6.07, 6.45) is 0.146. The Bertz CT molecular complexity index is 312. The fourth-order valence-corrected chi connectivity index (χ4v) is 1.79. The van der Waals surface area contributed by atoms with Crippen molar-refractivity contribution in [1.29, 1.82) is 0 Å². The summed E-state index contributed by atoms with van der Waals surface area (Å²) in [6, 6.07) is 0.124. The number of carbonyl (C=O) groups is 1. The van der Waals surface area contributed by atoms with E-state index in [1.807, 2.05) is 19.2 Å². The fourth-order valence-electron chi connectivity index (χ4n) is 1.08. The number of thiazole rings is 1. The molecule has 0 amide bonds. The zero-order valence-electron chi connectivity index (χ0n) is 8.28. The summed E-state index contributed by atoms with van der Waals surface area (Å²) in [7, 11) is 0. The van der Waals surface area contributed by atoms with Gasteiger partial charge in [0.1, 0.15) is 0 Å². The molecule has 1 rings (SSSR count). The number of aromatic nitrogens is 1. The van der Waals surface area contributed by atoms with E-state index in [0.717, 1.165) is 10.7 Å². The number of rotatable bonds is 5. The summed E-state index contributed by atoms with van der Waals surface area (Å²) < 4.78 is 0. The number of nitrogens with zero attached hydrogens (tertiary/aromatic N) is 1. The molecule has 0 saturated carbocycles. The highest BCUT2D eigenvalue weighted by atomic mass is 32.1. The van der Waals surface area contributed by atoms with Crippen LogP contribution in [0.3, 0.4) is 0 Å². The molecule has 1 aromatic heterocycles. The minimum absolute atomic E-state index is 0.124. The molecule has 0 saturated heterocycles. The molecule has 0 radical (unpaired) electrons. The normalized spacial score (nSPS) is 12.7. The number of nitrogens with one attached hydrogen (secondary N) is 1. The molecule has 5 heteroatoms. The molecule has 0 aliphatic carbocycles. The monoisotopic (exact) mass is 214 g/mol. The average molecular weight is 214 g/mol. The number of aliphatic carboxylic acids is 1. The molecule has 0 aliphatic rings. The first-order chi connectivity index (χ1) is 6.59. The van der Waals surface area contributed by atoms with Crippen molar-refractivity contribution in [2.75, 3.05) is 6.54 Å². The van der Waals surface area contributed by atoms with Crippen LogP contribution in [-0.4, -0.2) is 22.6 Å². The van der Waals surface area contributed by atoms with Crippen LogP contribution in [0.2, 0.25) is 0 Å². The summed E-state index contributed by atoms with van der Waals surface area (Å²) in [6.45, 7) is 4.42.